The summed E-state index contributed by atoms with van der Waals surface area (Å²) < 4.78 is 4.37. The summed E-state index contributed by atoms with van der Waals surface area (Å²) in [5.41, 5.74) is -0.374. The predicted molar refractivity (Wildman–Crippen MR) is 43.6 cm³/mol. The lowest BCUT2D eigenvalue weighted by atomic mass is 10.3. The maximum absolute atomic E-state index is 11.0. The number of esters is 1. The molecule has 0 radical (unpaired) electrons. The Morgan fingerprint density at radius 2 is 1.85 bits per heavy atom. The highest BCUT2D eigenvalue weighted by Crippen LogP contribution is 2.06. The number of halogens is 1. The first-order valence-corrected chi connectivity index (χ1v) is 3.63. The fourth-order valence-electron chi connectivity index (χ4n) is 0.728. The first-order chi connectivity index (χ1) is 6.16. The SMILES string of the molecule is COC(=O)c1nccnc1C(=O)Cl. The maximum atomic E-state index is 11.0. The number of hydrogen-bond acceptors (Lipinski definition) is 5. The number of carbonyl (C=O) groups excluding carboxylic acids is 2. The van der Waals surface area contributed by atoms with E-state index in [9.17, 15) is 9.59 Å². The fourth-order valence-corrected chi connectivity index (χ4v) is 0.866. The molecule has 6 heteroatoms. The number of hydrogen-bond donors (Lipinski definition) is 0. The van der Waals surface area contributed by atoms with E-state index in [1.165, 1.54) is 19.5 Å². The third kappa shape index (κ3) is 2.00. The van der Waals surface area contributed by atoms with Crippen molar-refractivity contribution in [1.82, 2.24) is 9.97 Å². The van der Waals surface area contributed by atoms with E-state index in [0.29, 0.717) is 0 Å². The van der Waals surface area contributed by atoms with Crippen LogP contribution in [0.3, 0.4) is 0 Å². The van der Waals surface area contributed by atoms with Crippen LogP contribution in [0.5, 0.6) is 0 Å². The Kier molecular flexibility index (Phi) is 2.92. The first kappa shape index (κ1) is 9.60. The molecule has 0 aromatic carbocycles. The molecular formula is C7H5ClN2O3. The van der Waals surface area contributed by atoms with Crippen LogP contribution >= 0.6 is 11.6 Å². The summed E-state index contributed by atoms with van der Waals surface area (Å²) in [6.07, 6.45) is 2.54. The van der Waals surface area contributed by atoms with E-state index < -0.39 is 11.2 Å². The normalized spacial score (nSPS) is 9.38. The summed E-state index contributed by atoms with van der Waals surface area (Å²) in [5, 5.41) is -0.839. The van der Waals surface area contributed by atoms with Gasteiger partial charge < -0.3 is 4.74 Å². The largest absolute Gasteiger partial charge is 0.464 e. The summed E-state index contributed by atoms with van der Waals surface area (Å²) in [4.78, 5) is 29.0. The molecule has 68 valence electrons. The van der Waals surface area contributed by atoms with Crippen LogP contribution in [-0.4, -0.2) is 28.3 Å². The Morgan fingerprint density at radius 3 is 2.31 bits per heavy atom. The molecule has 0 aliphatic heterocycles. The number of carbonyl (C=O) groups is 2. The van der Waals surface area contributed by atoms with E-state index in [1.54, 1.807) is 0 Å². The standard InChI is InChI=1S/C7H5ClN2O3/c1-13-7(12)5-4(6(8)11)9-2-3-10-5/h2-3H,1H3. The number of aromatic nitrogens is 2. The molecule has 0 N–H and O–H groups in total. The van der Waals surface area contributed by atoms with Gasteiger partial charge in [-0.1, -0.05) is 0 Å². The van der Waals surface area contributed by atoms with Crippen molar-refractivity contribution in [3.05, 3.63) is 23.8 Å². The molecule has 0 saturated carbocycles. The van der Waals surface area contributed by atoms with Crippen LogP contribution in [0, 0.1) is 0 Å². The van der Waals surface area contributed by atoms with Crippen molar-refractivity contribution in [2.24, 2.45) is 0 Å². The predicted octanol–water partition coefficient (Wildman–Crippen LogP) is 0.642. The van der Waals surface area contributed by atoms with E-state index in [0.717, 1.165) is 0 Å². The van der Waals surface area contributed by atoms with Crippen LogP contribution in [0.25, 0.3) is 0 Å². The molecule has 1 rings (SSSR count). The molecule has 0 fully saturated rings. The van der Waals surface area contributed by atoms with Crippen molar-refractivity contribution < 1.29 is 14.3 Å². The lowest BCUT2D eigenvalue weighted by molar-refractivity contribution is 0.0590. The molecule has 0 unspecified atom stereocenters. The van der Waals surface area contributed by atoms with Crippen LogP contribution in [0.4, 0.5) is 0 Å². The zero-order valence-corrected chi connectivity index (χ0v) is 7.41. The Hall–Kier alpha value is -1.49. The van der Waals surface area contributed by atoms with Crippen molar-refractivity contribution in [1.29, 1.82) is 0 Å². The minimum absolute atomic E-state index is 0.176. The van der Waals surface area contributed by atoms with Crippen LogP contribution in [0.2, 0.25) is 0 Å². The Labute approximate surface area is 78.7 Å². The highest BCUT2D eigenvalue weighted by Gasteiger charge is 2.18. The molecule has 0 aliphatic carbocycles. The smallest absolute Gasteiger partial charge is 0.359 e. The second-order valence-electron chi connectivity index (χ2n) is 2.02. The van der Waals surface area contributed by atoms with Crippen molar-refractivity contribution in [2.75, 3.05) is 7.11 Å². The van der Waals surface area contributed by atoms with E-state index in [4.69, 9.17) is 11.6 Å². The average Bonchev–Trinajstić information content (AvgIpc) is 2.16. The fraction of sp³-hybridized carbons (Fsp3) is 0.143. The zero-order valence-electron chi connectivity index (χ0n) is 6.65. The van der Waals surface area contributed by atoms with E-state index >= 15 is 0 Å². The summed E-state index contributed by atoms with van der Waals surface area (Å²) >= 11 is 5.16. The van der Waals surface area contributed by atoms with Gasteiger partial charge in [-0.25, -0.2) is 14.8 Å². The highest BCUT2D eigenvalue weighted by molar-refractivity contribution is 6.67. The topological polar surface area (TPSA) is 69.2 Å². The van der Waals surface area contributed by atoms with Gasteiger partial charge in [-0.15, -0.1) is 0 Å². The number of rotatable bonds is 2. The van der Waals surface area contributed by atoms with E-state index in [2.05, 4.69) is 14.7 Å². The highest BCUT2D eigenvalue weighted by atomic mass is 35.5. The molecule has 1 aromatic rings. The van der Waals surface area contributed by atoms with Gasteiger partial charge in [0.15, 0.2) is 11.4 Å². The summed E-state index contributed by atoms with van der Waals surface area (Å²) in [7, 11) is 1.18. The van der Waals surface area contributed by atoms with Gasteiger partial charge in [0.25, 0.3) is 5.24 Å². The third-order valence-corrected chi connectivity index (χ3v) is 1.44. The molecule has 0 atom stereocenters. The van der Waals surface area contributed by atoms with Gasteiger partial charge in [-0.2, -0.15) is 0 Å². The Morgan fingerprint density at radius 1 is 1.31 bits per heavy atom. The van der Waals surface area contributed by atoms with Gasteiger partial charge in [0.05, 0.1) is 7.11 Å². The molecule has 13 heavy (non-hydrogen) atoms. The second-order valence-corrected chi connectivity index (χ2v) is 2.36. The lowest BCUT2D eigenvalue weighted by Gasteiger charge is -1.99. The lowest BCUT2D eigenvalue weighted by Crippen LogP contribution is -2.11. The molecule has 0 spiro atoms. The van der Waals surface area contributed by atoms with Crippen LogP contribution < -0.4 is 0 Å². The quantitative estimate of drug-likeness (QED) is 0.518. The van der Waals surface area contributed by atoms with Crippen molar-refractivity contribution in [3.63, 3.8) is 0 Å². The summed E-state index contributed by atoms with van der Waals surface area (Å²) in [6.45, 7) is 0. The molecule has 0 bridgehead atoms. The van der Waals surface area contributed by atoms with Crippen LogP contribution in [0.15, 0.2) is 12.4 Å². The van der Waals surface area contributed by atoms with Gasteiger partial charge in [0.2, 0.25) is 0 Å². The molecule has 1 aromatic heterocycles. The van der Waals surface area contributed by atoms with Crippen molar-refractivity contribution in [3.8, 4) is 0 Å². The minimum Gasteiger partial charge on any atom is -0.464 e. The average molecular weight is 201 g/mol. The van der Waals surface area contributed by atoms with Gasteiger partial charge in [-0.3, -0.25) is 4.79 Å². The molecular weight excluding hydrogens is 196 g/mol. The Bertz CT molecular complexity index is 353. The third-order valence-electron chi connectivity index (χ3n) is 1.26. The zero-order chi connectivity index (χ0) is 9.84. The Balaban J connectivity index is 3.19. The number of nitrogens with zero attached hydrogens (tertiary/aromatic N) is 2. The molecule has 1 heterocycles. The molecule has 0 saturated heterocycles. The van der Waals surface area contributed by atoms with Gasteiger partial charge in [0, 0.05) is 12.4 Å². The number of methoxy groups -OCH3 is 1. The first-order valence-electron chi connectivity index (χ1n) is 3.26. The summed E-state index contributed by atoms with van der Waals surface area (Å²) in [5.74, 6) is -0.739. The van der Waals surface area contributed by atoms with Crippen LogP contribution in [0.1, 0.15) is 21.0 Å². The molecule has 5 nitrogen and oxygen atoms in total. The molecule has 0 aliphatic rings. The van der Waals surface area contributed by atoms with E-state index in [-0.39, 0.29) is 11.4 Å². The molecule has 0 amide bonds. The van der Waals surface area contributed by atoms with Gasteiger partial charge in [0.1, 0.15) is 0 Å². The second kappa shape index (κ2) is 3.95. The van der Waals surface area contributed by atoms with E-state index in [1.807, 2.05) is 0 Å². The maximum Gasteiger partial charge on any atom is 0.359 e. The monoisotopic (exact) mass is 200 g/mol. The summed E-state index contributed by atoms with van der Waals surface area (Å²) in [6, 6.07) is 0. The number of ether oxygens (including phenoxy) is 1. The van der Waals surface area contributed by atoms with Crippen LogP contribution in [-0.2, 0) is 4.74 Å². The van der Waals surface area contributed by atoms with Gasteiger partial charge in [-0.05, 0) is 11.6 Å². The van der Waals surface area contributed by atoms with Crippen molar-refractivity contribution >= 4 is 22.8 Å². The minimum atomic E-state index is -0.839. The van der Waals surface area contributed by atoms with Gasteiger partial charge >= 0.3 is 5.97 Å². The van der Waals surface area contributed by atoms with Crippen molar-refractivity contribution in [2.45, 2.75) is 0 Å².